The molecule has 1 nitrogen and oxygen atoms in total. The Morgan fingerprint density at radius 1 is 0.280 bits per heavy atom. The molecule has 9 aromatic carbocycles. The van der Waals surface area contributed by atoms with Crippen molar-refractivity contribution < 1.29 is 0 Å². The van der Waals surface area contributed by atoms with Gasteiger partial charge in [-0.2, -0.15) is 0 Å². The van der Waals surface area contributed by atoms with E-state index >= 15 is 0 Å². The van der Waals surface area contributed by atoms with Crippen LogP contribution in [0.3, 0.4) is 0 Å². The van der Waals surface area contributed by atoms with E-state index in [0.717, 1.165) is 17.1 Å². The molecule has 10 aromatic rings. The van der Waals surface area contributed by atoms with Crippen LogP contribution in [0.5, 0.6) is 0 Å². The van der Waals surface area contributed by atoms with Crippen molar-refractivity contribution in [3.8, 4) is 22.3 Å². The zero-order chi connectivity index (χ0) is 33.0. The second-order valence-electron chi connectivity index (χ2n) is 13.0. The normalized spacial score (nSPS) is 11.6. The molecule has 0 saturated heterocycles. The molecule has 10 rings (SSSR count). The number of rotatable bonds is 5. The van der Waals surface area contributed by atoms with Crippen LogP contribution < -0.4 is 4.90 Å². The van der Waals surface area contributed by atoms with Crippen molar-refractivity contribution >= 4 is 80.9 Å². The monoisotopic (exact) mass is 653 g/mol. The van der Waals surface area contributed by atoms with Gasteiger partial charge in [-0.3, -0.25) is 0 Å². The van der Waals surface area contributed by atoms with E-state index in [-0.39, 0.29) is 0 Å². The van der Waals surface area contributed by atoms with Gasteiger partial charge in [-0.1, -0.05) is 127 Å². The molecule has 0 saturated carbocycles. The molecule has 0 fully saturated rings. The van der Waals surface area contributed by atoms with Gasteiger partial charge in [-0.25, -0.2) is 0 Å². The molecule has 0 radical (unpaired) electrons. The van der Waals surface area contributed by atoms with Gasteiger partial charge in [0, 0.05) is 37.2 Å². The smallest absolute Gasteiger partial charge is 0.0476 e. The molecular weight excluding hydrogens is 623 g/mol. The van der Waals surface area contributed by atoms with Gasteiger partial charge in [0.05, 0.1) is 0 Å². The number of benzene rings is 9. The first-order valence-corrected chi connectivity index (χ1v) is 17.9. The Labute approximate surface area is 294 Å². The zero-order valence-electron chi connectivity index (χ0n) is 27.3. The van der Waals surface area contributed by atoms with E-state index in [9.17, 15) is 0 Å². The minimum atomic E-state index is 1.13. The molecule has 0 N–H and O–H groups in total. The van der Waals surface area contributed by atoms with Gasteiger partial charge in [-0.15, -0.1) is 11.3 Å². The number of nitrogens with zero attached hydrogens (tertiary/aromatic N) is 1. The molecule has 2 heteroatoms. The highest BCUT2D eigenvalue weighted by molar-refractivity contribution is 7.25. The average molecular weight is 654 g/mol. The van der Waals surface area contributed by atoms with Crippen LogP contribution in [0.4, 0.5) is 17.1 Å². The Bertz CT molecular complexity index is 2900. The van der Waals surface area contributed by atoms with Crippen LogP contribution in [0.1, 0.15) is 0 Å². The van der Waals surface area contributed by atoms with Crippen LogP contribution in [0.15, 0.2) is 188 Å². The molecule has 0 spiro atoms. The lowest BCUT2D eigenvalue weighted by Crippen LogP contribution is -2.09. The van der Waals surface area contributed by atoms with Crippen molar-refractivity contribution in [2.24, 2.45) is 0 Å². The second-order valence-corrected chi connectivity index (χ2v) is 14.1. The molecule has 1 aromatic heterocycles. The Morgan fingerprint density at radius 2 is 0.760 bits per heavy atom. The number of fused-ring (bicyclic) bond motifs is 6. The fourth-order valence-corrected chi connectivity index (χ4v) is 8.56. The summed E-state index contributed by atoms with van der Waals surface area (Å²) in [6.07, 6.45) is 0. The fraction of sp³-hybridized carbons (Fsp3) is 0. The topological polar surface area (TPSA) is 3.24 Å². The minimum Gasteiger partial charge on any atom is -0.310 e. The van der Waals surface area contributed by atoms with Crippen molar-refractivity contribution in [2.75, 3.05) is 4.90 Å². The van der Waals surface area contributed by atoms with Crippen LogP contribution in [0.2, 0.25) is 0 Å². The highest BCUT2D eigenvalue weighted by atomic mass is 32.1. The van der Waals surface area contributed by atoms with E-state index in [4.69, 9.17) is 0 Å². The molecule has 234 valence electrons. The average Bonchev–Trinajstić information content (AvgIpc) is 3.55. The summed E-state index contributed by atoms with van der Waals surface area (Å²) in [5, 5.41) is 10.1. The molecule has 0 atom stereocenters. The van der Waals surface area contributed by atoms with E-state index in [1.165, 1.54) is 74.7 Å². The van der Waals surface area contributed by atoms with Crippen LogP contribution >= 0.6 is 11.3 Å². The number of thiophene rings is 1. The fourth-order valence-electron chi connectivity index (χ4n) is 7.42. The number of anilines is 3. The van der Waals surface area contributed by atoms with Crippen molar-refractivity contribution in [1.29, 1.82) is 0 Å². The molecule has 0 aliphatic rings. The molecule has 50 heavy (non-hydrogen) atoms. The first-order valence-electron chi connectivity index (χ1n) is 17.1. The maximum Gasteiger partial charge on any atom is 0.0476 e. The van der Waals surface area contributed by atoms with Gasteiger partial charge in [-0.05, 0) is 115 Å². The van der Waals surface area contributed by atoms with Gasteiger partial charge < -0.3 is 4.90 Å². The second kappa shape index (κ2) is 11.7. The van der Waals surface area contributed by atoms with E-state index in [1.54, 1.807) is 0 Å². The minimum absolute atomic E-state index is 1.13. The first-order chi connectivity index (χ1) is 24.7. The molecule has 0 bridgehead atoms. The Morgan fingerprint density at radius 3 is 1.48 bits per heavy atom. The Hall–Kier alpha value is -6.22. The predicted molar refractivity (Wildman–Crippen MR) is 217 cm³/mol. The summed E-state index contributed by atoms with van der Waals surface area (Å²) in [6.45, 7) is 0. The van der Waals surface area contributed by atoms with E-state index < -0.39 is 0 Å². The van der Waals surface area contributed by atoms with Crippen molar-refractivity contribution in [2.45, 2.75) is 0 Å². The molecular formula is C48H31NS. The van der Waals surface area contributed by atoms with Crippen LogP contribution in [0, 0.1) is 0 Å². The van der Waals surface area contributed by atoms with Crippen LogP contribution in [-0.4, -0.2) is 0 Å². The number of hydrogen-bond donors (Lipinski definition) is 0. The maximum absolute atomic E-state index is 2.41. The summed E-state index contributed by atoms with van der Waals surface area (Å²) in [5.74, 6) is 0. The lowest BCUT2D eigenvalue weighted by molar-refractivity contribution is 1.30. The van der Waals surface area contributed by atoms with Crippen molar-refractivity contribution in [1.82, 2.24) is 0 Å². The lowest BCUT2D eigenvalue weighted by Gasteiger charge is -2.26. The zero-order valence-corrected chi connectivity index (χ0v) is 28.1. The third-order valence-electron chi connectivity index (χ3n) is 9.97. The summed E-state index contributed by atoms with van der Waals surface area (Å²) in [5.41, 5.74) is 8.30. The van der Waals surface area contributed by atoms with Gasteiger partial charge in [0.25, 0.3) is 0 Å². The van der Waals surface area contributed by atoms with Crippen molar-refractivity contribution in [3.63, 3.8) is 0 Å². The third-order valence-corrected chi connectivity index (χ3v) is 11.1. The van der Waals surface area contributed by atoms with Gasteiger partial charge in [0.2, 0.25) is 0 Å². The first kappa shape index (κ1) is 28.8. The highest BCUT2D eigenvalue weighted by Crippen LogP contribution is 2.42. The van der Waals surface area contributed by atoms with Gasteiger partial charge in [0.1, 0.15) is 0 Å². The van der Waals surface area contributed by atoms with Crippen molar-refractivity contribution in [3.05, 3.63) is 188 Å². The standard InChI is InChI=1S/C48H31NS/c1-3-10-35-26-39(18-16-32(35)8-1)36-12-7-13-37(27-36)40-19-17-34-21-23-43(30-41(34)28-40)49(42-22-20-33-9-2-4-11-38(33)29-42)44-24-25-46-45-14-5-6-15-47(45)50-48(46)31-44/h1-31H. The summed E-state index contributed by atoms with van der Waals surface area (Å²) < 4.78 is 2.61. The van der Waals surface area contributed by atoms with Gasteiger partial charge >= 0.3 is 0 Å². The molecule has 0 aliphatic carbocycles. The Kier molecular flexibility index (Phi) is 6.75. The van der Waals surface area contributed by atoms with E-state index in [0.29, 0.717) is 0 Å². The molecule has 1 heterocycles. The molecule has 0 amide bonds. The SMILES string of the molecule is c1cc(-c2ccc3ccccc3c2)cc(-c2ccc3ccc(N(c4ccc5ccccc5c4)c4ccc5c(c4)sc4ccccc45)cc3c2)c1. The molecule has 0 aliphatic heterocycles. The third kappa shape index (κ3) is 5.01. The number of hydrogen-bond acceptors (Lipinski definition) is 2. The maximum atomic E-state index is 2.41. The van der Waals surface area contributed by atoms with Crippen LogP contribution in [0.25, 0.3) is 74.7 Å². The summed E-state index contributed by atoms with van der Waals surface area (Å²) in [4.78, 5) is 2.41. The largest absolute Gasteiger partial charge is 0.310 e. The lowest BCUT2D eigenvalue weighted by atomic mass is 9.96. The van der Waals surface area contributed by atoms with Crippen LogP contribution in [-0.2, 0) is 0 Å². The highest BCUT2D eigenvalue weighted by Gasteiger charge is 2.16. The summed E-state index contributed by atoms with van der Waals surface area (Å²) in [7, 11) is 0. The van der Waals surface area contributed by atoms with E-state index in [2.05, 4.69) is 193 Å². The summed E-state index contributed by atoms with van der Waals surface area (Å²) >= 11 is 1.86. The molecule has 0 unspecified atom stereocenters. The van der Waals surface area contributed by atoms with Gasteiger partial charge in [0.15, 0.2) is 0 Å². The van der Waals surface area contributed by atoms with E-state index in [1.807, 2.05) is 11.3 Å². The summed E-state index contributed by atoms with van der Waals surface area (Å²) in [6, 6.07) is 68.9. The quantitative estimate of drug-likeness (QED) is 0.179. The Balaban J connectivity index is 1.09. The predicted octanol–water partition coefficient (Wildman–Crippen LogP) is 14.3.